The Morgan fingerprint density at radius 2 is 1.43 bits per heavy atom. The molecule has 0 atom stereocenters. The van der Waals surface area contributed by atoms with Crippen molar-refractivity contribution in [1.82, 2.24) is 4.90 Å². The van der Waals surface area contributed by atoms with E-state index in [2.05, 4.69) is 53.4 Å². The lowest BCUT2D eigenvalue weighted by molar-refractivity contribution is 0.0874. The summed E-state index contributed by atoms with van der Waals surface area (Å²) in [4.78, 5) is 2.63. The van der Waals surface area contributed by atoms with Crippen molar-refractivity contribution in [2.24, 2.45) is 5.73 Å². The standard InChI is InChI=1S/C19H22N2/c20-14-19(11-16-6-2-3-7-17(16)12-19)21-10-9-15-5-1-4-8-18(15)13-21/h1-8H,9-14,20H2. The Morgan fingerprint density at radius 3 is 2.05 bits per heavy atom. The molecule has 0 unspecified atom stereocenters. The largest absolute Gasteiger partial charge is 0.329 e. The third kappa shape index (κ3) is 2.10. The van der Waals surface area contributed by atoms with Crippen LogP contribution >= 0.6 is 0 Å². The van der Waals surface area contributed by atoms with Crippen LogP contribution in [0.15, 0.2) is 48.5 Å². The van der Waals surface area contributed by atoms with E-state index in [1.54, 1.807) is 0 Å². The second-order valence-electron chi connectivity index (χ2n) is 6.49. The van der Waals surface area contributed by atoms with Gasteiger partial charge in [-0.3, -0.25) is 4.90 Å². The second kappa shape index (κ2) is 4.97. The number of hydrogen-bond acceptors (Lipinski definition) is 2. The van der Waals surface area contributed by atoms with E-state index < -0.39 is 0 Å². The van der Waals surface area contributed by atoms with Gasteiger partial charge in [-0.25, -0.2) is 0 Å². The number of fused-ring (bicyclic) bond motifs is 2. The molecule has 2 N–H and O–H groups in total. The first kappa shape index (κ1) is 13.1. The highest BCUT2D eigenvalue weighted by Crippen LogP contribution is 2.36. The molecule has 0 spiro atoms. The number of hydrogen-bond donors (Lipinski definition) is 1. The highest BCUT2D eigenvalue weighted by atomic mass is 15.2. The molecular weight excluding hydrogens is 256 g/mol. The summed E-state index contributed by atoms with van der Waals surface area (Å²) < 4.78 is 0. The van der Waals surface area contributed by atoms with Gasteiger partial charge in [-0.15, -0.1) is 0 Å². The molecule has 0 saturated heterocycles. The Labute approximate surface area is 126 Å². The molecule has 0 aromatic heterocycles. The second-order valence-corrected chi connectivity index (χ2v) is 6.49. The first-order chi connectivity index (χ1) is 10.3. The molecule has 0 radical (unpaired) electrons. The van der Waals surface area contributed by atoms with Crippen molar-refractivity contribution in [3.63, 3.8) is 0 Å². The molecule has 4 rings (SSSR count). The molecule has 0 fully saturated rings. The maximum Gasteiger partial charge on any atom is 0.0415 e. The monoisotopic (exact) mass is 278 g/mol. The quantitative estimate of drug-likeness (QED) is 0.914. The number of nitrogens with two attached hydrogens (primary N) is 1. The van der Waals surface area contributed by atoms with Gasteiger partial charge in [-0.2, -0.15) is 0 Å². The Bertz CT molecular complexity index is 637. The zero-order chi connectivity index (χ0) is 14.3. The van der Waals surface area contributed by atoms with E-state index in [9.17, 15) is 0 Å². The summed E-state index contributed by atoms with van der Waals surface area (Å²) in [7, 11) is 0. The maximum absolute atomic E-state index is 6.26. The van der Waals surface area contributed by atoms with Gasteiger partial charge >= 0.3 is 0 Å². The fraction of sp³-hybridized carbons (Fsp3) is 0.368. The molecule has 2 nitrogen and oxygen atoms in total. The van der Waals surface area contributed by atoms with Crippen LogP contribution in [0, 0.1) is 0 Å². The lowest BCUT2D eigenvalue weighted by atomic mass is 9.89. The van der Waals surface area contributed by atoms with Gasteiger partial charge in [0, 0.05) is 25.2 Å². The molecule has 2 aromatic rings. The predicted octanol–water partition coefficient (Wildman–Crippen LogP) is 2.54. The third-order valence-corrected chi connectivity index (χ3v) is 5.34. The molecule has 0 bridgehead atoms. The highest BCUT2D eigenvalue weighted by molar-refractivity contribution is 5.38. The van der Waals surface area contributed by atoms with Gasteiger partial charge in [0.15, 0.2) is 0 Å². The van der Waals surface area contributed by atoms with Crippen molar-refractivity contribution < 1.29 is 0 Å². The summed E-state index contributed by atoms with van der Waals surface area (Å²) in [6, 6.07) is 17.7. The minimum Gasteiger partial charge on any atom is -0.329 e. The predicted molar refractivity (Wildman–Crippen MR) is 86.2 cm³/mol. The molecule has 0 amide bonds. The van der Waals surface area contributed by atoms with E-state index in [1.165, 1.54) is 22.3 Å². The lowest BCUT2D eigenvalue weighted by Crippen LogP contribution is -2.56. The van der Waals surface area contributed by atoms with Crippen LogP contribution in [0.3, 0.4) is 0 Å². The van der Waals surface area contributed by atoms with Crippen molar-refractivity contribution in [3.8, 4) is 0 Å². The average molecular weight is 278 g/mol. The van der Waals surface area contributed by atoms with E-state index in [1.807, 2.05) is 0 Å². The molecule has 1 aliphatic heterocycles. The van der Waals surface area contributed by atoms with Crippen molar-refractivity contribution in [1.29, 1.82) is 0 Å². The minimum atomic E-state index is 0.122. The first-order valence-electron chi connectivity index (χ1n) is 7.89. The SMILES string of the molecule is NCC1(N2CCc3ccccc3C2)Cc2ccccc2C1. The van der Waals surface area contributed by atoms with Crippen LogP contribution in [0.5, 0.6) is 0 Å². The molecule has 2 aliphatic rings. The molecule has 1 aliphatic carbocycles. The molecule has 21 heavy (non-hydrogen) atoms. The average Bonchev–Trinajstić information content (AvgIpc) is 2.94. The highest BCUT2D eigenvalue weighted by Gasteiger charge is 2.41. The van der Waals surface area contributed by atoms with Crippen molar-refractivity contribution in [2.45, 2.75) is 31.3 Å². The summed E-state index contributed by atoms with van der Waals surface area (Å²) in [5.41, 5.74) is 12.3. The Kier molecular flexibility index (Phi) is 3.09. The van der Waals surface area contributed by atoms with E-state index in [4.69, 9.17) is 5.73 Å². The summed E-state index contributed by atoms with van der Waals surface area (Å²) in [5.74, 6) is 0. The molecule has 108 valence electrons. The topological polar surface area (TPSA) is 29.3 Å². The van der Waals surface area contributed by atoms with Gasteiger partial charge in [-0.05, 0) is 41.5 Å². The summed E-state index contributed by atoms with van der Waals surface area (Å²) in [6.45, 7) is 2.91. The number of benzene rings is 2. The van der Waals surface area contributed by atoms with E-state index in [0.717, 1.165) is 38.9 Å². The van der Waals surface area contributed by atoms with Gasteiger partial charge < -0.3 is 5.73 Å². The van der Waals surface area contributed by atoms with E-state index in [0.29, 0.717) is 0 Å². The molecular formula is C19H22N2. The molecule has 2 aromatic carbocycles. The number of rotatable bonds is 2. The van der Waals surface area contributed by atoms with Crippen LogP contribution in [-0.4, -0.2) is 23.5 Å². The maximum atomic E-state index is 6.26. The van der Waals surface area contributed by atoms with Crippen LogP contribution in [0.2, 0.25) is 0 Å². The van der Waals surface area contributed by atoms with Gasteiger partial charge in [0.25, 0.3) is 0 Å². The van der Waals surface area contributed by atoms with Gasteiger partial charge in [-0.1, -0.05) is 48.5 Å². The molecule has 2 heteroatoms. The normalized spacial score (nSPS) is 20.0. The van der Waals surface area contributed by atoms with Gasteiger partial charge in [0.1, 0.15) is 0 Å². The Hall–Kier alpha value is -1.64. The lowest BCUT2D eigenvalue weighted by Gasteiger charge is -2.43. The molecule has 1 heterocycles. The van der Waals surface area contributed by atoms with Gasteiger partial charge in [0.05, 0.1) is 0 Å². The van der Waals surface area contributed by atoms with Crippen LogP contribution in [0.25, 0.3) is 0 Å². The van der Waals surface area contributed by atoms with Crippen LogP contribution in [-0.2, 0) is 25.8 Å². The third-order valence-electron chi connectivity index (χ3n) is 5.34. The first-order valence-corrected chi connectivity index (χ1v) is 7.89. The van der Waals surface area contributed by atoms with E-state index in [-0.39, 0.29) is 5.54 Å². The van der Waals surface area contributed by atoms with Gasteiger partial charge in [0.2, 0.25) is 0 Å². The van der Waals surface area contributed by atoms with Crippen LogP contribution in [0.4, 0.5) is 0 Å². The fourth-order valence-electron chi connectivity index (χ4n) is 4.07. The van der Waals surface area contributed by atoms with Crippen molar-refractivity contribution in [3.05, 3.63) is 70.8 Å². The van der Waals surface area contributed by atoms with Crippen LogP contribution < -0.4 is 5.73 Å². The Morgan fingerprint density at radius 1 is 0.857 bits per heavy atom. The zero-order valence-corrected chi connectivity index (χ0v) is 12.4. The van der Waals surface area contributed by atoms with E-state index >= 15 is 0 Å². The van der Waals surface area contributed by atoms with Crippen molar-refractivity contribution >= 4 is 0 Å². The molecule has 0 saturated carbocycles. The summed E-state index contributed by atoms with van der Waals surface area (Å²) >= 11 is 0. The summed E-state index contributed by atoms with van der Waals surface area (Å²) in [5, 5.41) is 0. The van der Waals surface area contributed by atoms with Crippen LogP contribution in [0.1, 0.15) is 22.3 Å². The fourth-order valence-corrected chi connectivity index (χ4v) is 4.07. The zero-order valence-electron chi connectivity index (χ0n) is 12.4. The Balaban J connectivity index is 1.64. The smallest absolute Gasteiger partial charge is 0.0415 e. The number of nitrogens with zero attached hydrogens (tertiary/aromatic N) is 1. The summed E-state index contributed by atoms with van der Waals surface area (Å²) in [6.07, 6.45) is 3.35. The minimum absolute atomic E-state index is 0.122. The van der Waals surface area contributed by atoms with Crippen molar-refractivity contribution in [2.75, 3.05) is 13.1 Å².